The minimum absolute atomic E-state index is 0.00565. The molecule has 0 bridgehead atoms. The molecule has 2 aliphatic carbocycles. The summed E-state index contributed by atoms with van der Waals surface area (Å²) in [6.07, 6.45) is 9.05. The Balaban J connectivity index is 2.01. The molecule has 0 aromatic heterocycles. The third-order valence-electron chi connectivity index (χ3n) is 8.18. The molecule has 3 N–H and O–H groups in total. The third-order valence-corrected chi connectivity index (χ3v) is 8.18. The molecule has 1 aliphatic heterocycles. The lowest BCUT2D eigenvalue weighted by molar-refractivity contribution is -0.118. The molecule has 1 heterocycles. The van der Waals surface area contributed by atoms with Gasteiger partial charge >= 0.3 is 0 Å². The Bertz CT molecular complexity index is 670. The molecule has 0 aromatic carbocycles. The van der Waals surface area contributed by atoms with Gasteiger partial charge in [0.05, 0.1) is 6.10 Å². The Morgan fingerprint density at radius 1 is 1.21 bits per heavy atom. The molecule has 29 heavy (non-hydrogen) atoms. The van der Waals surface area contributed by atoms with Crippen molar-refractivity contribution in [2.24, 2.45) is 29.1 Å². The van der Waals surface area contributed by atoms with E-state index in [0.29, 0.717) is 17.8 Å². The van der Waals surface area contributed by atoms with Crippen molar-refractivity contribution in [2.75, 3.05) is 0 Å². The van der Waals surface area contributed by atoms with Gasteiger partial charge in [0, 0.05) is 5.41 Å². The van der Waals surface area contributed by atoms with Crippen LogP contribution in [0, 0.1) is 29.1 Å². The maximum absolute atomic E-state index is 12.9. The van der Waals surface area contributed by atoms with E-state index in [4.69, 9.17) is 0 Å². The number of allylic oxidation sites excluding steroid dienone is 1. The summed E-state index contributed by atoms with van der Waals surface area (Å²) in [5.74, 6) is 0.832. The Kier molecular flexibility index (Phi) is 6.77. The van der Waals surface area contributed by atoms with E-state index in [2.05, 4.69) is 26.1 Å². The predicted octanol–water partition coefficient (Wildman–Crippen LogP) is 4.30. The molecule has 3 rings (SSSR count). The lowest BCUT2D eigenvalue weighted by Crippen LogP contribution is -2.48. The lowest BCUT2D eigenvalue weighted by atomic mass is 9.51. The van der Waals surface area contributed by atoms with Gasteiger partial charge in [-0.25, -0.2) is 0 Å². The van der Waals surface area contributed by atoms with Crippen LogP contribution in [0.5, 0.6) is 0 Å². The highest BCUT2D eigenvalue weighted by Gasteiger charge is 2.54. The van der Waals surface area contributed by atoms with Crippen molar-refractivity contribution < 1.29 is 19.8 Å². The summed E-state index contributed by atoms with van der Waals surface area (Å²) in [7, 11) is 0. The highest BCUT2D eigenvalue weighted by atomic mass is 16.3. The Hall–Kier alpha value is -1.36. The summed E-state index contributed by atoms with van der Waals surface area (Å²) in [5.41, 5.74) is -0.648. The van der Waals surface area contributed by atoms with E-state index in [1.54, 1.807) is 0 Å². The van der Waals surface area contributed by atoms with E-state index in [-0.39, 0.29) is 17.3 Å². The smallest absolute Gasteiger partial charge is 0.259 e. The number of rotatable bonds is 6. The van der Waals surface area contributed by atoms with Crippen molar-refractivity contribution in [1.29, 1.82) is 0 Å². The summed E-state index contributed by atoms with van der Waals surface area (Å²) < 4.78 is 0. The number of fused-ring (bicyclic) bond motifs is 1. The summed E-state index contributed by atoms with van der Waals surface area (Å²) >= 11 is 0. The minimum atomic E-state index is -0.973. The number of carbonyl (C=O) groups is 2. The standard InChI is InChI=1S/C24H39NO4/c1-5-6-7-8-17-11-10-16-13-14(2)9-12-18(16)24(17,4)22(28)19-21(27)20(15(3)26)25-23(19)29/h14-18,20,26,28H,5-13H2,1-4H3,(H,25,29)/b22-19-/t14-,15?,16-,17-,18-,20+,24-/m1/s1. The van der Waals surface area contributed by atoms with E-state index in [0.717, 1.165) is 38.5 Å². The molecule has 7 atom stereocenters. The molecule has 0 spiro atoms. The zero-order valence-electron chi connectivity index (χ0n) is 18.5. The van der Waals surface area contributed by atoms with Gasteiger partial charge in [0.1, 0.15) is 17.4 Å². The monoisotopic (exact) mass is 405 g/mol. The van der Waals surface area contributed by atoms with Crippen LogP contribution in [-0.4, -0.2) is 34.0 Å². The molecule has 3 fully saturated rings. The molecule has 0 aromatic rings. The van der Waals surface area contributed by atoms with Gasteiger partial charge in [-0.3, -0.25) is 9.59 Å². The number of Topliss-reactive ketones (excluding diaryl/α,β-unsaturated/α-hetero) is 1. The van der Waals surface area contributed by atoms with E-state index >= 15 is 0 Å². The SMILES string of the molecule is CCCCC[C@@H]1CC[C@@H]2C[C@H](C)CC[C@H]2[C@]1(C)/C(O)=C1/C(=O)N[C@@H](C(C)O)C1=O. The van der Waals surface area contributed by atoms with Gasteiger partial charge in [0.2, 0.25) is 0 Å². The second-order valence-corrected chi connectivity index (χ2v) is 10.1. The van der Waals surface area contributed by atoms with Crippen LogP contribution in [0.1, 0.15) is 85.5 Å². The zero-order chi connectivity index (χ0) is 21.3. The second kappa shape index (κ2) is 8.79. The van der Waals surface area contributed by atoms with Crippen molar-refractivity contribution in [1.82, 2.24) is 5.32 Å². The Morgan fingerprint density at radius 3 is 2.55 bits per heavy atom. The summed E-state index contributed by atoms with van der Waals surface area (Å²) in [5, 5.41) is 24.0. The number of amides is 1. The number of hydrogen-bond acceptors (Lipinski definition) is 4. The average Bonchev–Trinajstić information content (AvgIpc) is 2.97. The topological polar surface area (TPSA) is 86.6 Å². The van der Waals surface area contributed by atoms with Gasteiger partial charge in [0.15, 0.2) is 5.78 Å². The van der Waals surface area contributed by atoms with Crippen LogP contribution in [0.2, 0.25) is 0 Å². The van der Waals surface area contributed by atoms with Crippen molar-refractivity contribution in [3.05, 3.63) is 11.3 Å². The zero-order valence-corrected chi connectivity index (χ0v) is 18.5. The number of ketones is 1. The molecule has 1 saturated heterocycles. The molecule has 1 amide bonds. The van der Waals surface area contributed by atoms with Gasteiger partial charge in [-0.1, -0.05) is 46.5 Å². The summed E-state index contributed by atoms with van der Waals surface area (Å²) in [4.78, 5) is 25.5. The van der Waals surface area contributed by atoms with Crippen LogP contribution in [-0.2, 0) is 9.59 Å². The van der Waals surface area contributed by atoms with Crippen LogP contribution in [0.15, 0.2) is 11.3 Å². The molecule has 164 valence electrons. The number of aliphatic hydroxyl groups is 2. The summed E-state index contributed by atoms with van der Waals surface area (Å²) in [6.45, 7) is 8.10. The van der Waals surface area contributed by atoms with E-state index < -0.39 is 29.3 Å². The Labute approximate surface area is 175 Å². The van der Waals surface area contributed by atoms with E-state index in [9.17, 15) is 19.8 Å². The van der Waals surface area contributed by atoms with Crippen molar-refractivity contribution >= 4 is 11.7 Å². The number of carbonyl (C=O) groups excluding carboxylic acids is 2. The first-order valence-electron chi connectivity index (χ1n) is 11.7. The van der Waals surface area contributed by atoms with Gasteiger partial charge < -0.3 is 15.5 Å². The maximum Gasteiger partial charge on any atom is 0.259 e. The van der Waals surface area contributed by atoms with Gasteiger partial charge in [-0.15, -0.1) is 0 Å². The molecule has 3 aliphatic rings. The quantitative estimate of drug-likeness (QED) is 0.266. The van der Waals surface area contributed by atoms with Crippen molar-refractivity contribution in [3.8, 4) is 0 Å². The fourth-order valence-corrected chi connectivity index (χ4v) is 6.46. The molecule has 1 unspecified atom stereocenters. The molecule has 0 radical (unpaired) electrons. The first-order valence-corrected chi connectivity index (χ1v) is 11.7. The Morgan fingerprint density at radius 2 is 1.93 bits per heavy atom. The predicted molar refractivity (Wildman–Crippen MR) is 113 cm³/mol. The number of nitrogens with one attached hydrogen (secondary N) is 1. The van der Waals surface area contributed by atoms with Crippen molar-refractivity contribution in [2.45, 2.75) is 97.6 Å². The fraction of sp³-hybridized carbons (Fsp3) is 0.833. The van der Waals surface area contributed by atoms with E-state index in [1.165, 1.54) is 26.2 Å². The normalized spacial score (nSPS) is 40.4. The van der Waals surface area contributed by atoms with Gasteiger partial charge in [0.25, 0.3) is 5.91 Å². The number of unbranched alkanes of at least 4 members (excludes halogenated alkanes) is 2. The molecule has 5 heteroatoms. The summed E-state index contributed by atoms with van der Waals surface area (Å²) in [6, 6.07) is -0.951. The van der Waals surface area contributed by atoms with Crippen LogP contribution in [0.4, 0.5) is 0 Å². The van der Waals surface area contributed by atoms with Crippen LogP contribution < -0.4 is 5.32 Å². The largest absolute Gasteiger partial charge is 0.511 e. The lowest BCUT2D eigenvalue weighted by Gasteiger charge is -2.54. The third kappa shape index (κ3) is 3.99. The molecule has 2 saturated carbocycles. The first-order chi connectivity index (χ1) is 13.7. The molecular formula is C24H39NO4. The highest BCUT2D eigenvalue weighted by Crippen LogP contribution is 2.59. The van der Waals surface area contributed by atoms with Crippen LogP contribution >= 0.6 is 0 Å². The second-order valence-electron chi connectivity index (χ2n) is 10.1. The van der Waals surface area contributed by atoms with Crippen molar-refractivity contribution in [3.63, 3.8) is 0 Å². The molecular weight excluding hydrogens is 366 g/mol. The molecule has 5 nitrogen and oxygen atoms in total. The highest BCUT2D eigenvalue weighted by molar-refractivity contribution is 6.27. The van der Waals surface area contributed by atoms with Gasteiger partial charge in [-0.05, 0) is 62.7 Å². The average molecular weight is 406 g/mol. The fourth-order valence-electron chi connectivity index (χ4n) is 6.46. The van der Waals surface area contributed by atoms with Crippen LogP contribution in [0.3, 0.4) is 0 Å². The van der Waals surface area contributed by atoms with Gasteiger partial charge in [-0.2, -0.15) is 0 Å². The number of aliphatic hydroxyl groups excluding tert-OH is 2. The minimum Gasteiger partial charge on any atom is -0.511 e. The number of hydrogen-bond donors (Lipinski definition) is 3. The maximum atomic E-state index is 12.9. The van der Waals surface area contributed by atoms with E-state index in [1.807, 2.05) is 0 Å². The first kappa shape index (κ1) is 22.3. The van der Waals surface area contributed by atoms with Crippen LogP contribution in [0.25, 0.3) is 0 Å².